The fraction of sp³-hybridized carbons (Fsp3) is 0.565. The zero-order valence-electron chi connectivity index (χ0n) is 20.2. The highest BCUT2D eigenvalue weighted by Crippen LogP contribution is 2.24. The third-order valence-corrected chi connectivity index (χ3v) is 5.00. The predicted molar refractivity (Wildman–Crippen MR) is 121 cm³/mol. The van der Waals surface area contributed by atoms with Gasteiger partial charge in [0.05, 0.1) is 13.7 Å². The Bertz CT molecular complexity index is 865. The number of nitrogens with one attached hydrogen (secondary N) is 1. The Morgan fingerprint density at radius 3 is 2.33 bits per heavy atom. The summed E-state index contributed by atoms with van der Waals surface area (Å²) >= 11 is 0. The van der Waals surface area contributed by atoms with Crippen molar-refractivity contribution < 1.29 is 28.7 Å². The van der Waals surface area contributed by atoms with E-state index in [1.165, 1.54) is 7.05 Å². The molecule has 5 amide bonds. The van der Waals surface area contributed by atoms with Crippen molar-refractivity contribution in [3.05, 3.63) is 29.8 Å². The van der Waals surface area contributed by atoms with E-state index in [0.29, 0.717) is 12.2 Å². The Morgan fingerprint density at radius 2 is 1.82 bits per heavy atom. The number of ether oxygens (including phenoxy) is 2. The summed E-state index contributed by atoms with van der Waals surface area (Å²) in [5, 5.41) is 4.73. The first-order valence-corrected chi connectivity index (χ1v) is 11.0. The lowest BCUT2D eigenvalue weighted by atomic mass is 10.0. The standard InChI is InChI=1S/C23H34N4O6/c1-7-14-26(22(31)33-23(2,3)4)27(21(30)24-5)18-12-13-19(28)25(20(18)29)15-16-8-10-17(32-6)11-9-16/h8-11,18H,7,12-15H2,1-6H3,(H,24,30). The van der Waals surface area contributed by atoms with E-state index in [1.54, 1.807) is 52.1 Å². The van der Waals surface area contributed by atoms with Gasteiger partial charge in [0.25, 0.3) is 5.91 Å². The van der Waals surface area contributed by atoms with Crippen molar-refractivity contribution in [3.8, 4) is 5.75 Å². The Kier molecular flexibility index (Phi) is 8.67. The number of hydrazine groups is 1. The third-order valence-electron chi connectivity index (χ3n) is 5.00. The van der Waals surface area contributed by atoms with Crippen molar-refractivity contribution in [3.63, 3.8) is 0 Å². The van der Waals surface area contributed by atoms with Crippen LogP contribution in [0, 0.1) is 0 Å². The van der Waals surface area contributed by atoms with Gasteiger partial charge in [-0.1, -0.05) is 19.1 Å². The molecule has 1 heterocycles. The lowest BCUT2D eigenvalue weighted by Gasteiger charge is -2.42. The summed E-state index contributed by atoms with van der Waals surface area (Å²) in [7, 11) is 2.97. The van der Waals surface area contributed by atoms with Crippen LogP contribution in [0.5, 0.6) is 5.75 Å². The van der Waals surface area contributed by atoms with Crippen LogP contribution >= 0.6 is 0 Å². The highest BCUT2D eigenvalue weighted by Gasteiger charge is 2.44. The van der Waals surface area contributed by atoms with Crippen molar-refractivity contribution in [1.82, 2.24) is 20.2 Å². The fourth-order valence-corrected chi connectivity index (χ4v) is 3.48. The molecular formula is C23H34N4O6. The molecule has 10 nitrogen and oxygen atoms in total. The maximum Gasteiger partial charge on any atom is 0.429 e. The Hall–Kier alpha value is -3.30. The molecule has 1 unspecified atom stereocenters. The summed E-state index contributed by atoms with van der Waals surface area (Å²) in [6.45, 7) is 7.24. The number of methoxy groups -OCH3 is 1. The van der Waals surface area contributed by atoms with Crippen LogP contribution in [0.4, 0.5) is 9.59 Å². The van der Waals surface area contributed by atoms with Gasteiger partial charge in [-0.3, -0.25) is 14.5 Å². The number of piperidine rings is 1. The maximum absolute atomic E-state index is 13.4. The monoisotopic (exact) mass is 462 g/mol. The molecule has 2 rings (SSSR count). The Morgan fingerprint density at radius 1 is 1.18 bits per heavy atom. The van der Waals surface area contributed by atoms with E-state index in [9.17, 15) is 19.2 Å². The smallest absolute Gasteiger partial charge is 0.429 e. The minimum Gasteiger partial charge on any atom is -0.497 e. The van der Waals surface area contributed by atoms with E-state index in [2.05, 4.69) is 5.32 Å². The van der Waals surface area contributed by atoms with Crippen LogP contribution in [0.1, 0.15) is 52.5 Å². The highest BCUT2D eigenvalue weighted by molar-refractivity contribution is 6.01. The topological polar surface area (TPSA) is 108 Å². The van der Waals surface area contributed by atoms with Crippen LogP contribution in [0.25, 0.3) is 0 Å². The minimum absolute atomic E-state index is 0.0555. The number of likely N-dealkylation sites (tertiary alicyclic amines) is 1. The second-order valence-corrected chi connectivity index (χ2v) is 8.72. The number of carbonyl (C=O) groups is 4. The summed E-state index contributed by atoms with van der Waals surface area (Å²) < 4.78 is 10.6. The molecule has 1 aromatic rings. The van der Waals surface area contributed by atoms with Crippen molar-refractivity contribution in [1.29, 1.82) is 0 Å². The number of nitrogens with zero attached hydrogens (tertiary/aromatic N) is 3. The number of carbonyl (C=O) groups excluding carboxylic acids is 4. The molecule has 1 N–H and O–H groups in total. The van der Waals surface area contributed by atoms with E-state index in [0.717, 1.165) is 20.5 Å². The highest BCUT2D eigenvalue weighted by atomic mass is 16.6. The van der Waals surface area contributed by atoms with Gasteiger partial charge in [0.15, 0.2) is 0 Å². The van der Waals surface area contributed by atoms with Crippen LogP contribution in [-0.4, -0.2) is 71.2 Å². The lowest BCUT2D eigenvalue weighted by Crippen LogP contribution is -2.64. The van der Waals surface area contributed by atoms with Crippen LogP contribution in [0.2, 0.25) is 0 Å². The summed E-state index contributed by atoms with van der Waals surface area (Å²) in [6.07, 6.45) is -0.0386. The number of imide groups is 1. The number of amides is 5. The molecular weight excluding hydrogens is 428 g/mol. The first-order valence-electron chi connectivity index (χ1n) is 11.0. The van der Waals surface area contributed by atoms with Gasteiger partial charge in [0.2, 0.25) is 5.91 Å². The Balaban J connectivity index is 2.35. The van der Waals surface area contributed by atoms with Crippen molar-refractivity contribution in [2.24, 2.45) is 0 Å². The summed E-state index contributed by atoms with van der Waals surface area (Å²) in [5.41, 5.74) is -0.0492. The van der Waals surface area contributed by atoms with E-state index >= 15 is 0 Å². The second-order valence-electron chi connectivity index (χ2n) is 8.72. The molecule has 1 atom stereocenters. The van der Waals surface area contributed by atoms with Gasteiger partial charge in [0.1, 0.15) is 17.4 Å². The average Bonchev–Trinajstić information content (AvgIpc) is 2.76. The van der Waals surface area contributed by atoms with E-state index < -0.39 is 29.7 Å². The van der Waals surface area contributed by atoms with Crippen LogP contribution in [0.3, 0.4) is 0 Å². The normalized spacial score (nSPS) is 16.3. The zero-order chi connectivity index (χ0) is 24.8. The molecule has 0 aromatic heterocycles. The number of hydrogen-bond donors (Lipinski definition) is 1. The summed E-state index contributed by atoms with van der Waals surface area (Å²) in [4.78, 5) is 53.0. The number of urea groups is 1. The first kappa shape index (κ1) is 26.0. The summed E-state index contributed by atoms with van der Waals surface area (Å²) in [5.74, 6) is -0.218. The van der Waals surface area contributed by atoms with Crippen LogP contribution in [0.15, 0.2) is 24.3 Å². The molecule has 33 heavy (non-hydrogen) atoms. The molecule has 182 valence electrons. The van der Waals surface area contributed by atoms with Gasteiger partial charge in [-0.2, -0.15) is 0 Å². The fourth-order valence-electron chi connectivity index (χ4n) is 3.48. The first-order chi connectivity index (χ1) is 15.5. The molecule has 1 aliphatic rings. The van der Waals surface area contributed by atoms with Gasteiger partial charge in [-0.15, -0.1) is 0 Å². The third kappa shape index (κ3) is 6.59. The molecule has 1 fully saturated rings. The summed E-state index contributed by atoms with van der Waals surface area (Å²) in [6, 6.07) is 5.36. The van der Waals surface area contributed by atoms with Crippen LogP contribution in [-0.2, 0) is 20.9 Å². The zero-order valence-corrected chi connectivity index (χ0v) is 20.2. The van der Waals surface area contributed by atoms with Gasteiger partial charge in [-0.25, -0.2) is 19.6 Å². The van der Waals surface area contributed by atoms with E-state index in [-0.39, 0.29) is 31.8 Å². The molecule has 0 aliphatic carbocycles. The molecule has 0 saturated carbocycles. The number of benzene rings is 1. The molecule has 1 saturated heterocycles. The molecule has 10 heteroatoms. The number of rotatable bonds is 6. The molecule has 0 spiro atoms. The van der Waals surface area contributed by atoms with E-state index in [1.807, 2.05) is 6.92 Å². The maximum atomic E-state index is 13.4. The van der Waals surface area contributed by atoms with Gasteiger partial charge < -0.3 is 14.8 Å². The van der Waals surface area contributed by atoms with Crippen molar-refractivity contribution in [2.75, 3.05) is 20.7 Å². The Labute approximate surface area is 194 Å². The van der Waals surface area contributed by atoms with Gasteiger partial charge in [-0.05, 0) is 51.3 Å². The molecule has 0 radical (unpaired) electrons. The quantitative estimate of drug-likeness (QED) is 0.514. The van der Waals surface area contributed by atoms with Crippen molar-refractivity contribution in [2.45, 2.75) is 65.1 Å². The minimum atomic E-state index is -1.03. The van der Waals surface area contributed by atoms with Crippen LogP contribution < -0.4 is 10.1 Å². The largest absolute Gasteiger partial charge is 0.497 e. The molecule has 1 aliphatic heterocycles. The second kappa shape index (κ2) is 11.0. The van der Waals surface area contributed by atoms with Crippen molar-refractivity contribution >= 4 is 23.9 Å². The lowest BCUT2D eigenvalue weighted by molar-refractivity contribution is -0.157. The van der Waals surface area contributed by atoms with Gasteiger partial charge in [0, 0.05) is 20.0 Å². The van der Waals surface area contributed by atoms with Gasteiger partial charge >= 0.3 is 12.1 Å². The SMILES string of the molecule is CCCN(C(=O)OC(C)(C)C)N(C(=O)NC)C1CCC(=O)N(Cc2ccc(OC)cc2)C1=O. The average molecular weight is 463 g/mol. The molecule has 1 aromatic carbocycles. The predicted octanol–water partition coefficient (Wildman–Crippen LogP) is 2.92. The van der Waals surface area contributed by atoms with E-state index in [4.69, 9.17) is 9.47 Å². The number of hydrogen-bond acceptors (Lipinski definition) is 6. The molecule has 0 bridgehead atoms.